The van der Waals surface area contributed by atoms with Crippen LogP contribution in [0.4, 0.5) is 5.69 Å². The highest BCUT2D eigenvalue weighted by molar-refractivity contribution is 6.31. The number of hydrogen-bond donors (Lipinski definition) is 2. The van der Waals surface area contributed by atoms with Gasteiger partial charge in [0.1, 0.15) is 5.75 Å². The molecule has 1 aromatic heterocycles. The Labute approximate surface area is 191 Å². The first kappa shape index (κ1) is 23.4. The fourth-order valence-electron chi connectivity index (χ4n) is 3.81. The van der Waals surface area contributed by atoms with E-state index >= 15 is 0 Å². The zero-order valence-corrected chi connectivity index (χ0v) is 19.8. The third kappa shape index (κ3) is 6.34. The summed E-state index contributed by atoms with van der Waals surface area (Å²) in [6.07, 6.45) is 3.91. The van der Waals surface area contributed by atoms with Crippen molar-refractivity contribution in [3.63, 3.8) is 0 Å². The molecule has 0 spiro atoms. The third-order valence-electron chi connectivity index (χ3n) is 5.55. The molecule has 0 fully saturated rings. The number of rotatable bonds is 9. The fraction of sp³-hybridized carbons (Fsp3) is 0.423. The van der Waals surface area contributed by atoms with Crippen LogP contribution < -0.4 is 5.32 Å². The van der Waals surface area contributed by atoms with Gasteiger partial charge < -0.3 is 10.4 Å². The van der Waals surface area contributed by atoms with Gasteiger partial charge in [-0.05, 0) is 60.7 Å². The lowest BCUT2D eigenvalue weighted by molar-refractivity contribution is 0.261. The van der Waals surface area contributed by atoms with Crippen LogP contribution in [0.3, 0.4) is 0 Å². The highest BCUT2D eigenvalue weighted by Crippen LogP contribution is 2.28. The molecule has 0 aliphatic rings. The second-order valence-electron chi connectivity index (χ2n) is 9.17. The number of halogens is 1. The van der Waals surface area contributed by atoms with E-state index < -0.39 is 0 Å². The molecule has 0 amide bonds. The third-order valence-corrected chi connectivity index (χ3v) is 5.79. The summed E-state index contributed by atoms with van der Waals surface area (Å²) in [5.41, 5.74) is 4.31. The summed E-state index contributed by atoms with van der Waals surface area (Å²) in [7, 11) is 0. The van der Waals surface area contributed by atoms with Gasteiger partial charge in [-0.3, -0.25) is 9.88 Å². The molecule has 0 unspecified atom stereocenters. The maximum atomic E-state index is 10.4. The largest absolute Gasteiger partial charge is 0.508 e. The van der Waals surface area contributed by atoms with E-state index in [0.29, 0.717) is 10.8 Å². The Morgan fingerprint density at radius 3 is 2.61 bits per heavy atom. The van der Waals surface area contributed by atoms with E-state index in [1.807, 2.05) is 42.6 Å². The molecule has 0 atom stereocenters. The molecule has 31 heavy (non-hydrogen) atoms. The van der Waals surface area contributed by atoms with Crippen LogP contribution in [0, 0.1) is 0 Å². The first-order valence-electron chi connectivity index (χ1n) is 11.1. The Morgan fingerprint density at radius 2 is 1.87 bits per heavy atom. The quantitative estimate of drug-likeness (QED) is 0.368. The van der Waals surface area contributed by atoms with Gasteiger partial charge in [-0.1, -0.05) is 51.4 Å². The van der Waals surface area contributed by atoms with Crippen LogP contribution in [0.2, 0.25) is 5.02 Å². The van der Waals surface area contributed by atoms with Crippen molar-refractivity contribution in [1.82, 2.24) is 9.88 Å². The standard InChI is InChI=1S/C26H34ClN3O/c1-5-14-30(18-19-16-20(26(2,3)4)7-10-25(19)31)15-6-12-28-23-11-13-29-24-17-21(27)8-9-22(23)24/h7-11,13,16-17,31H,5-6,12,14-15,18H2,1-4H3,(H,28,29). The lowest BCUT2D eigenvalue weighted by Crippen LogP contribution is -2.27. The number of anilines is 1. The Hall–Kier alpha value is -2.30. The number of phenols is 1. The number of aromatic nitrogens is 1. The molecule has 4 nitrogen and oxygen atoms in total. The summed E-state index contributed by atoms with van der Waals surface area (Å²) in [6, 6.07) is 13.8. The molecule has 5 heteroatoms. The molecule has 3 rings (SSSR count). The summed E-state index contributed by atoms with van der Waals surface area (Å²) >= 11 is 6.09. The first-order chi connectivity index (χ1) is 14.8. The van der Waals surface area contributed by atoms with Gasteiger partial charge in [-0.25, -0.2) is 0 Å². The van der Waals surface area contributed by atoms with Crippen molar-refractivity contribution in [3.05, 3.63) is 64.8 Å². The van der Waals surface area contributed by atoms with Crippen molar-refractivity contribution in [3.8, 4) is 5.75 Å². The minimum absolute atomic E-state index is 0.0689. The Balaban J connectivity index is 1.61. The summed E-state index contributed by atoms with van der Waals surface area (Å²) in [4.78, 5) is 6.83. The number of nitrogens with one attached hydrogen (secondary N) is 1. The summed E-state index contributed by atoms with van der Waals surface area (Å²) in [6.45, 7) is 12.4. The van der Waals surface area contributed by atoms with Gasteiger partial charge in [-0.2, -0.15) is 0 Å². The van der Waals surface area contributed by atoms with Gasteiger partial charge in [0, 0.05) is 47.5 Å². The van der Waals surface area contributed by atoms with E-state index in [-0.39, 0.29) is 5.41 Å². The van der Waals surface area contributed by atoms with E-state index in [0.717, 1.165) is 61.2 Å². The SMILES string of the molecule is CCCN(CCCNc1ccnc2cc(Cl)ccc12)Cc1cc(C(C)(C)C)ccc1O. The summed E-state index contributed by atoms with van der Waals surface area (Å²) in [5, 5.41) is 15.7. The van der Waals surface area contributed by atoms with Crippen LogP contribution in [0.25, 0.3) is 10.9 Å². The molecule has 166 valence electrons. The van der Waals surface area contributed by atoms with Crippen LogP contribution in [0.15, 0.2) is 48.7 Å². The average molecular weight is 440 g/mol. The van der Waals surface area contributed by atoms with Crippen LogP contribution in [0.5, 0.6) is 5.75 Å². The summed E-state index contributed by atoms with van der Waals surface area (Å²) < 4.78 is 0. The van der Waals surface area contributed by atoms with Crippen molar-refractivity contribution in [2.24, 2.45) is 0 Å². The monoisotopic (exact) mass is 439 g/mol. The zero-order valence-electron chi connectivity index (χ0n) is 19.1. The molecule has 0 radical (unpaired) electrons. The van der Waals surface area contributed by atoms with Crippen molar-refractivity contribution in [2.45, 2.75) is 52.5 Å². The van der Waals surface area contributed by atoms with Crippen LogP contribution in [-0.2, 0) is 12.0 Å². The predicted molar refractivity (Wildman–Crippen MR) is 132 cm³/mol. The zero-order chi connectivity index (χ0) is 22.4. The van der Waals surface area contributed by atoms with Crippen LogP contribution in [0.1, 0.15) is 51.7 Å². The molecule has 1 heterocycles. The van der Waals surface area contributed by atoms with Gasteiger partial charge in [0.2, 0.25) is 0 Å². The molecule has 2 aromatic carbocycles. The average Bonchev–Trinajstić information content (AvgIpc) is 2.71. The Morgan fingerprint density at radius 1 is 1.06 bits per heavy atom. The number of fused-ring (bicyclic) bond motifs is 1. The second kappa shape index (κ2) is 10.3. The van der Waals surface area contributed by atoms with Gasteiger partial charge in [0.15, 0.2) is 0 Å². The maximum absolute atomic E-state index is 10.4. The summed E-state index contributed by atoms with van der Waals surface area (Å²) in [5.74, 6) is 0.383. The van der Waals surface area contributed by atoms with Gasteiger partial charge in [-0.15, -0.1) is 0 Å². The smallest absolute Gasteiger partial charge is 0.120 e. The van der Waals surface area contributed by atoms with Gasteiger partial charge in [0.05, 0.1) is 5.52 Å². The topological polar surface area (TPSA) is 48.4 Å². The molecule has 3 aromatic rings. The Bertz CT molecular complexity index is 1010. The normalized spacial score (nSPS) is 11.9. The van der Waals surface area contributed by atoms with Gasteiger partial charge in [0.25, 0.3) is 0 Å². The van der Waals surface area contributed by atoms with E-state index in [9.17, 15) is 5.11 Å². The molecule has 0 aliphatic heterocycles. The molecule has 0 aliphatic carbocycles. The number of nitrogens with zero attached hydrogens (tertiary/aromatic N) is 2. The van der Waals surface area contributed by atoms with E-state index in [1.54, 1.807) is 0 Å². The Kier molecular flexibility index (Phi) is 7.79. The van der Waals surface area contributed by atoms with E-state index in [1.165, 1.54) is 5.56 Å². The molecular formula is C26H34ClN3O. The maximum Gasteiger partial charge on any atom is 0.120 e. The first-order valence-corrected chi connectivity index (χ1v) is 11.5. The lowest BCUT2D eigenvalue weighted by Gasteiger charge is -2.25. The molecule has 0 saturated heterocycles. The minimum atomic E-state index is 0.0689. The van der Waals surface area contributed by atoms with Crippen molar-refractivity contribution < 1.29 is 5.11 Å². The molecule has 0 saturated carbocycles. The molecular weight excluding hydrogens is 406 g/mol. The highest BCUT2D eigenvalue weighted by atomic mass is 35.5. The number of benzene rings is 2. The number of pyridine rings is 1. The second-order valence-corrected chi connectivity index (χ2v) is 9.61. The fourth-order valence-corrected chi connectivity index (χ4v) is 3.97. The molecule has 0 bridgehead atoms. The van der Waals surface area contributed by atoms with Crippen molar-refractivity contribution in [2.75, 3.05) is 25.0 Å². The van der Waals surface area contributed by atoms with Crippen molar-refractivity contribution in [1.29, 1.82) is 0 Å². The van der Waals surface area contributed by atoms with E-state index in [2.05, 4.69) is 49.0 Å². The van der Waals surface area contributed by atoms with E-state index in [4.69, 9.17) is 11.6 Å². The number of aromatic hydroxyl groups is 1. The number of hydrogen-bond acceptors (Lipinski definition) is 4. The molecule has 2 N–H and O–H groups in total. The van der Waals surface area contributed by atoms with Crippen LogP contribution >= 0.6 is 11.6 Å². The number of phenolic OH excluding ortho intramolecular Hbond substituents is 1. The van der Waals surface area contributed by atoms with Crippen molar-refractivity contribution >= 4 is 28.2 Å². The highest BCUT2D eigenvalue weighted by Gasteiger charge is 2.16. The van der Waals surface area contributed by atoms with Gasteiger partial charge >= 0.3 is 0 Å². The van der Waals surface area contributed by atoms with Crippen LogP contribution in [-0.4, -0.2) is 34.6 Å². The predicted octanol–water partition coefficient (Wildman–Crippen LogP) is 6.61. The minimum Gasteiger partial charge on any atom is -0.508 e. The lowest BCUT2D eigenvalue weighted by atomic mass is 9.86.